The quantitative estimate of drug-likeness (QED) is 0.258. The number of carbonyl (C=O) groups is 2. The van der Waals surface area contributed by atoms with E-state index in [4.69, 9.17) is 16.6 Å². The summed E-state index contributed by atoms with van der Waals surface area (Å²) in [6.07, 6.45) is 18.8. The van der Waals surface area contributed by atoms with Crippen molar-refractivity contribution in [2.75, 3.05) is 0 Å². The topological polar surface area (TPSA) is 106 Å². The van der Waals surface area contributed by atoms with Crippen LogP contribution in [0.3, 0.4) is 0 Å². The van der Waals surface area contributed by atoms with Gasteiger partial charge >= 0.3 is 5.97 Å². The van der Waals surface area contributed by atoms with Gasteiger partial charge in [-0.05, 0) is 25.7 Å². The third-order valence-electron chi connectivity index (χ3n) is 5.29. The van der Waals surface area contributed by atoms with Gasteiger partial charge in [0.05, 0.1) is 6.04 Å². The molecule has 0 aliphatic heterocycles. The number of aliphatic carboxylic acids is 1. The van der Waals surface area contributed by atoms with Gasteiger partial charge in [0, 0.05) is 6.42 Å². The minimum absolute atomic E-state index is 0.0990. The van der Waals surface area contributed by atoms with Gasteiger partial charge in [-0.2, -0.15) is 0 Å². The zero-order valence-corrected chi connectivity index (χ0v) is 17.6. The highest BCUT2D eigenvalue weighted by molar-refractivity contribution is 5.83. The summed E-state index contributed by atoms with van der Waals surface area (Å²) in [5, 5.41) is 8.72. The van der Waals surface area contributed by atoms with Crippen LogP contribution in [0.4, 0.5) is 0 Å². The van der Waals surface area contributed by atoms with Crippen molar-refractivity contribution >= 4 is 11.8 Å². The first-order valence-electron chi connectivity index (χ1n) is 11.3. The van der Waals surface area contributed by atoms with Crippen LogP contribution in [0.15, 0.2) is 0 Å². The Morgan fingerprint density at radius 2 is 1.07 bits per heavy atom. The summed E-state index contributed by atoms with van der Waals surface area (Å²) in [7, 11) is 0. The maximum atomic E-state index is 12.0. The number of hydrogen-bond acceptors (Lipinski definition) is 4. The van der Waals surface area contributed by atoms with Crippen LogP contribution in [0.2, 0.25) is 0 Å². The minimum Gasteiger partial charge on any atom is -0.480 e. The van der Waals surface area contributed by atoms with Gasteiger partial charge in [0.1, 0.15) is 11.8 Å². The number of ketones is 1. The minimum atomic E-state index is -0.998. The van der Waals surface area contributed by atoms with Crippen molar-refractivity contribution < 1.29 is 14.7 Å². The highest BCUT2D eigenvalue weighted by Gasteiger charge is 2.15. The molecule has 2 atom stereocenters. The van der Waals surface area contributed by atoms with Crippen molar-refractivity contribution in [3.63, 3.8) is 0 Å². The standard InChI is InChI=1S/C22H44N2O3/c1-2-3-4-5-6-7-8-9-10-11-12-13-14-18-21(25)19(23)16-15-17-20(24)22(26)27/h19-20H,2-18,23-24H2,1H3,(H,26,27)/t19?,20-/m0/s1. The molecule has 0 aliphatic carbocycles. The van der Waals surface area contributed by atoms with Crippen molar-refractivity contribution in [2.24, 2.45) is 11.5 Å². The third-order valence-corrected chi connectivity index (χ3v) is 5.29. The van der Waals surface area contributed by atoms with Crippen molar-refractivity contribution in [3.8, 4) is 0 Å². The number of Topliss-reactive ketones (excluding diaryl/α,β-unsaturated/α-hetero) is 1. The molecule has 0 rings (SSSR count). The summed E-state index contributed by atoms with van der Waals surface area (Å²) < 4.78 is 0. The van der Waals surface area contributed by atoms with E-state index in [-0.39, 0.29) is 5.78 Å². The van der Waals surface area contributed by atoms with Crippen LogP contribution in [0.1, 0.15) is 116 Å². The fourth-order valence-corrected chi connectivity index (χ4v) is 3.34. The lowest BCUT2D eigenvalue weighted by Crippen LogP contribution is -2.33. The molecule has 0 bridgehead atoms. The summed E-state index contributed by atoms with van der Waals surface area (Å²) in [6, 6.07) is -1.32. The van der Waals surface area contributed by atoms with Crippen LogP contribution in [-0.2, 0) is 9.59 Å². The van der Waals surface area contributed by atoms with Crippen molar-refractivity contribution in [3.05, 3.63) is 0 Å². The van der Waals surface area contributed by atoms with E-state index in [0.29, 0.717) is 25.7 Å². The summed E-state index contributed by atoms with van der Waals surface area (Å²) in [4.78, 5) is 22.6. The second-order valence-electron chi connectivity index (χ2n) is 7.94. The molecule has 0 aromatic carbocycles. The predicted octanol–water partition coefficient (Wildman–Crippen LogP) is 4.95. The molecule has 27 heavy (non-hydrogen) atoms. The molecule has 160 valence electrons. The van der Waals surface area contributed by atoms with E-state index < -0.39 is 18.1 Å². The Morgan fingerprint density at radius 1 is 0.667 bits per heavy atom. The molecule has 5 nitrogen and oxygen atoms in total. The van der Waals surface area contributed by atoms with E-state index >= 15 is 0 Å². The average molecular weight is 385 g/mol. The monoisotopic (exact) mass is 384 g/mol. The molecule has 0 aromatic heterocycles. The SMILES string of the molecule is CCCCCCCCCCCCCCCC(=O)C(N)CCC[C@H](N)C(=O)O. The Bertz CT molecular complexity index is 375. The molecule has 0 amide bonds. The molecule has 1 unspecified atom stereocenters. The molecule has 0 spiro atoms. The second-order valence-corrected chi connectivity index (χ2v) is 7.94. The number of carboxylic acid groups (broad SMARTS) is 1. The average Bonchev–Trinajstić information content (AvgIpc) is 2.64. The zero-order chi connectivity index (χ0) is 20.3. The maximum absolute atomic E-state index is 12.0. The van der Waals surface area contributed by atoms with Gasteiger partial charge in [0.25, 0.3) is 0 Å². The van der Waals surface area contributed by atoms with Gasteiger partial charge in [-0.25, -0.2) is 0 Å². The molecule has 0 heterocycles. The molecule has 0 saturated carbocycles. The number of rotatable bonds is 20. The Labute approximate surface area is 166 Å². The van der Waals surface area contributed by atoms with E-state index in [1.54, 1.807) is 0 Å². The first kappa shape index (κ1) is 26.1. The number of nitrogens with two attached hydrogens (primary N) is 2. The molecule has 0 aliphatic rings. The number of carbonyl (C=O) groups excluding carboxylic acids is 1. The lowest BCUT2D eigenvalue weighted by atomic mass is 9.99. The van der Waals surface area contributed by atoms with Gasteiger partial charge in [0.15, 0.2) is 0 Å². The van der Waals surface area contributed by atoms with Crippen LogP contribution >= 0.6 is 0 Å². The smallest absolute Gasteiger partial charge is 0.320 e. The highest BCUT2D eigenvalue weighted by Crippen LogP contribution is 2.13. The van der Waals surface area contributed by atoms with Gasteiger partial charge in [-0.1, -0.05) is 84.0 Å². The normalized spacial score (nSPS) is 13.4. The zero-order valence-electron chi connectivity index (χ0n) is 17.6. The summed E-state index contributed by atoms with van der Waals surface area (Å²) in [5.74, 6) is -0.899. The van der Waals surface area contributed by atoms with E-state index in [9.17, 15) is 9.59 Å². The number of unbranched alkanes of at least 4 members (excludes halogenated alkanes) is 12. The van der Waals surface area contributed by atoms with E-state index in [1.807, 2.05) is 0 Å². The van der Waals surface area contributed by atoms with Crippen LogP contribution < -0.4 is 11.5 Å². The summed E-state index contributed by atoms with van der Waals surface area (Å²) in [5.41, 5.74) is 11.3. The Morgan fingerprint density at radius 3 is 1.52 bits per heavy atom. The maximum Gasteiger partial charge on any atom is 0.320 e. The highest BCUT2D eigenvalue weighted by atomic mass is 16.4. The molecular formula is C22H44N2O3. The molecule has 0 radical (unpaired) electrons. The van der Waals surface area contributed by atoms with Crippen LogP contribution in [0, 0.1) is 0 Å². The lowest BCUT2D eigenvalue weighted by molar-refractivity contribution is -0.138. The van der Waals surface area contributed by atoms with E-state index in [0.717, 1.165) is 12.8 Å². The van der Waals surface area contributed by atoms with Gasteiger partial charge in [-0.3, -0.25) is 9.59 Å². The molecule has 0 saturated heterocycles. The van der Waals surface area contributed by atoms with Crippen LogP contribution in [0.5, 0.6) is 0 Å². The molecule has 5 heteroatoms. The molecule has 5 N–H and O–H groups in total. The second kappa shape index (κ2) is 18.4. The van der Waals surface area contributed by atoms with E-state index in [2.05, 4.69) is 6.92 Å². The number of hydrogen-bond donors (Lipinski definition) is 3. The first-order valence-corrected chi connectivity index (χ1v) is 11.3. The largest absolute Gasteiger partial charge is 0.480 e. The summed E-state index contributed by atoms with van der Waals surface area (Å²) >= 11 is 0. The van der Waals surface area contributed by atoms with Gasteiger partial charge in [-0.15, -0.1) is 0 Å². The Hall–Kier alpha value is -0.940. The van der Waals surface area contributed by atoms with Gasteiger partial charge < -0.3 is 16.6 Å². The first-order chi connectivity index (χ1) is 13.0. The number of carboxylic acids is 1. The molecule has 0 aromatic rings. The van der Waals surface area contributed by atoms with Crippen molar-refractivity contribution in [1.29, 1.82) is 0 Å². The Balaban J connectivity index is 3.38. The summed E-state index contributed by atoms with van der Waals surface area (Å²) in [6.45, 7) is 2.26. The fraction of sp³-hybridized carbons (Fsp3) is 0.909. The Kier molecular flexibility index (Phi) is 17.8. The predicted molar refractivity (Wildman–Crippen MR) is 113 cm³/mol. The van der Waals surface area contributed by atoms with E-state index in [1.165, 1.54) is 70.6 Å². The fourth-order valence-electron chi connectivity index (χ4n) is 3.34. The van der Waals surface area contributed by atoms with Crippen molar-refractivity contribution in [1.82, 2.24) is 0 Å². The van der Waals surface area contributed by atoms with Crippen LogP contribution in [0.25, 0.3) is 0 Å². The van der Waals surface area contributed by atoms with Gasteiger partial charge in [0.2, 0.25) is 0 Å². The molecular weight excluding hydrogens is 340 g/mol. The van der Waals surface area contributed by atoms with Crippen molar-refractivity contribution in [2.45, 2.75) is 128 Å². The third kappa shape index (κ3) is 16.9. The lowest BCUT2D eigenvalue weighted by Gasteiger charge is -2.11. The molecule has 0 fully saturated rings. The van der Waals surface area contributed by atoms with Crippen LogP contribution in [-0.4, -0.2) is 28.9 Å².